The fraction of sp³-hybridized carbons (Fsp3) is 0.857. The molecule has 2 amide bonds. The molecular formula is C14H26N2O2. The van der Waals surface area contributed by atoms with Crippen molar-refractivity contribution in [3.05, 3.63) is 0 Å². The maximum atomic E-state index is 11.9. The summed E-state index contributed by atoms with van der Waals surface area (Å²) in [6.45, 7) is 6.02. The molecule has 4 nitrogen and oxygen atoms in total. The van der Waals surface area contributed by atoms with E-state index in [1.807, 2.05) is 4.90 Å². The van der Waals surface area contributed by atoms with Crippen LogP contribution in [-0.2, 0) is 9.59 Å². The van der Waals surface area contributed by atoms with E-state index in [2.05, 4.69) is 12.2 Å². The molecule has 1 fully saturated rings. The molecule has 0 unspecified atom stereocenters. The first-order valence-electron chi connectivity index (χ1n) is 7.18. The highest BCUT2D eigenvalue weighted by Gasteiger charge is 2.25. The number of nitrogens with zero attached hydrogens (tertiary/aromatic N) is 1. The molecule has 104 valence electrons. The van der Waals surface area contributed by atoms with Crippen molar-refractivity contribution >= 4 is 11.8 Å². The van der Waals surface area contributed by atoms with Crippen molar-refractivity contribution in [2.24, 2.45) is 5.92 Å². The summed E-state index contributed by atoms with van der Waals surface area (Å²) in [5, 5.41) is 3.01. The average molecular weight is 254 g/mol. The number of piperidine rings is 1. The second-order valence-corrected chi connectivity index (χ2v) is 5.13. The molecule has 1 rings (SSSR count). The first-order chi connectivity index (χ1) is 8.65. The lowest BCUT2D eigenvalue weighted by molar-refractivity contribution is -0.133. The Labute approximate surface area is 110 Å². The highest BCUT2D eigenvalue weighted by Crippen LogP contribution is 2.17. The van der Waals surface area contributed by atoms with Crippen molar-refractivity contribution in [2.45, 2.75) is 52.4 Å². The zero-order valence-electron chi connectivity index (χ0n) is 11.7. The lowest BCUT2D eigenvalue weighted by Gasteiger charge is -2.30. The van der Waals surface area contributed by atoms with E-state index in [1.165, 1.54) is 19.3 Å². The summed E-state index contributed by atoms with van der Waals surface area (Å²) in [4.78, 5) is 24.9. The Bertz CT molecular complexity index is 271. The molecule has 0 atom stereocenters. The van der Waals surface area contributed by atoms with E-state index < -0.39 is 0 Å². The van der Waals surface area contributed by atoms with Gasteiger partial charge in [0.05, 0.1) is 0 Å². The summed E-state index contributed by atoms with van der Waals surface area (Å²) < 4.78 is 0. The molecule has 1 heterocycles. The van der Waals surface area contributed by atoms with Gasteiger partial charge in [0.1, 0.15) is 0 Å². The Morgan fingerprint density at radius 1 is 1.17 bits per heavy atom. The third-order valence-electron chi connectivity index (χ3n) is 3.64. The molecule has 18 heavy (non-hydrogen) atoms. The van der Waals surface area contributed by atoms with Gasteiger partial charge in [-0.25, -0.2) is 0 Å². The molecular weight excluding hydrogens is 228 g/mol. The standard InChI is InChI=1S/C14H26N2O2/c1-3-4-5-6-9-15-14(18)13-7-10-16(11-8-13)12(2)17/h13H,3-11H2,1-2H3,(H,15,18). The zero-order valence-corrected chi connectivity index (χ0v) is 11.7. The summed E-state index contributed by atoms with van der Waals surface area (Å²) in [7, 11) is 0. The van der Waals surface area contributed by atoms with Crippen molar-refractivity contribution in [1.82, 2.24) is 10.2 Å². The third kappa shape index (κ3) is 5.07. The van der Waals surface area contributed by atoms with Crippen molar-refractivity contribution in [2.75, 3.05) is 19.6 Å². The number of carbonyl (C=O) groups is 2. The maximum absolute atomic E-state index is 11.9. The molecule has 0 saturated carbocycles. The van der Waals surface area contributed by atoms with Gasteiger partial charge in [-0.2, -0.15) is 0 Å². The fourth-order valence-electron chi connectivity index (χ4n) is 2.36. The predicted octanol–water partition coefficient (Wildman–Crippen LogP) is 1.94. The molecule has 0 aromatic carbocycles. The second kappa shape index (κ2) is 8.11. The summed E-state index contributed by atoms with van der Waals surface area (Å²) in [5.41, 5.74) is 0. The second-order valence-electron chi connectivity index (χ2n) is 5.13. The van der Waals surface area contributed by atoms with Gasteiger partial charge in [-0.1, -0.05) is 26.2 Å². The minimum Gasteiger partial charge on any atom is -0.356 e. The summed E-state index contributed by atoms with van der Waals surface area (Å²) in [6, 6.07) is 0. The molecule has 1 aliphatic heterocycles. The summed E-state index contributed by atoms with van der Waals surface area (Å²) in [5.74, 6) is 0.398. The van der Waals surface area contributed by atoms with E-state index in [0.717, 1.165) is 38.9 Å². The van der Waals surface area contributed by atoms with Gasteiger partial charge in [-0.05, 0) is 19.3 Å². The number of rotatable bonds is 6. The van der Waals surface area contributed by atoms with Crippen LogP contribution in [0.5, 0.6) is 0 Å². The molecule has 1 N–H and O–H groups in total. The van der Waals surface area contributed by atoms with Crippen molar-refractivity contribution in [3.8, 4) is 0 Å². The molecule has 0 aromatic rings. The Kier molecular flexibility index (Phi) is 6.76. The van der Waals surface area contributed by atoms with Gasteiger partial charge in [0.15, 0.2) is 0 Å². The lowest BCUT2D eigenvalue weighted by Crippen LogP contribution is -2.42. The molecule has 0 aromatic heterocycles. The van der Waals surface area contributed by atoms with Gasteiger partial charge >= 0.3 is 0 Å². The number of carbonyl (C=O) groups excluding carboxylic acids is 2. The van der Waals surface area contributed by atoms with Crippen LogP contribution < -0.4 is 5.32 Å². The molecule has 0 radical (unpaired) electrons. The van der Waals surface area contributed by atoms with Crippen LogP contribution in [-0.4, -0.2) is 36.3 Å². The first kappa shape index (κ1) is 15.0. The van der Waals surface area contributed by atoms with Gasteiger partial charge in [-0.15, -0.1) is 0 Å². The minimum atomic E-state index is 0.103. The number of hydrogen-bond acceptors (Lipinski definition) is 2. The van der Waals surface area contributed by atoms with Gasteiger partial charge in [-0.3, -0.25) is 9.59 Å². The van der Waals surface area contributed by atoms with E-state index in [4.69, 9.17) is 0 Å². The number of nitrogens with one attached hydrogen (secondary N) is 1. The minimum absolute atomic E-state index is 0.103. The lowest BCUT2D eigenvalue weighted by atomic mass is 9.96. The summed E-state index contributed by atoms with van der Waals surface area (Å²) in [6.07, 6.45) is 6.34. The van der Waals surface area contributed by atoms with Crippen LogP contribution in [0.3, 0.4) is 0 Å². The van der Waals surface area contributed by atoms with E-state index in [-0.39, 0.29) is 17.7 Å². The Morgan fingerprint density at radius 2 is 1.83 bits per heavy atom. The molecule has 0 spiro atoms. The van der Waals surface area contributed by atoms with Crippen LogP contribution in [0.4, 0.5) is 0 Å². The monoisotopic (exact) mass is 254 g/mol. The smallest absolute Gasteiger partial charge is 0.223 e. The molecule has 0 aliphatic carbocycles. The van der Waals surface area contributed by atoms with Gasteiger partial charge < -0.3 is 10.2 Å². The van der Waals surface area contributed by atoms with E-state index in [9.17, 15) is 9.59 Å². The van der Waals surface area contributed by atoms with Gasteiger partial charge in [0.2, 0.25) is 11.8 Å². The largest absolute Gasteiger partial charge is 0.356 e. The molecule has 1 aliphatic rings. The van der Waals surface area contributed by atoms with E-state index >= 15 is 0 Å². The topological polar surface area (TPSA) is 49.4 Å². The highest BCUT2D eigenvalue weighted by molar-refractivity contribution is 5.79. The first-order valence-corrected chi connectivity index (χ1v) is 7.18. The molecule has 0 bridgehead atoms. The quantitative estimate of drug-likeness (QED) is 0.736. The van der Waals surface area contributed by atoms with Crippen molar-refractivity contribution < 1.29 is 9.59 Å². The van der Waals surface area contributed by atoms with Crippen LogP contribution in [0, 0.1) is 5.92 Å². The zero-order chi connectivity index (χ0) is 13.4. The number of unbranched alkanes of at least 4 members (excludes halogenated alkanes) is 3. The average Bonchev–Trinajstić information content (AvgIpc) is 2.38. The van der Waals surface area contributed by atoms with Crippen LogP contribution in [0.2, 0.25) is 0 Å². The molecule has 1 saturated heterocycles. The van der Waals surface area contributed by atoms with Crippen LogP contribution in [0.15, 0.2) is 0 Å². The van der Waals surface area contributed by atoms with Crippen LogP contribution in [0.25, 0.3) is 0 Å². The Hall–Kier alpha value is -1.06. The normalized spacial score (nSPS) is 16.7. The number of likely N-dealkylation sites (tertiary alicyclic amines) is 1. The summed E-state index contributed by atoms with van der Waals surface area (Å²) >= 11 is 0. The van der Waals surface area contributed by atoms with Gasteiger partial charge in [0.25, 0.3) is 0 Å². The SMILES string of the molecule is CCCCCCNC(=O)C1CCN(C(C)=O)CC1. The van der Waals surface area contributed by atoms with Crippen LogP contribution >= 0.6 is 0 Å². The number of hydrogen-bond donors (Lipinski definition) is 1. The fourth-order valence-corrected chi connectivity index (χ4v) is 2.36. The van der Waals surface area contributed by atoms with Crippen molar-refractivity contribution in [1.29, 1.82) is 0 Å². The van der Waals surface area contributed by atoms with Gasteiger partial charge in [0, 0.05) is 32.5 Å². The number of amides is 2. The Morgan fingerprint density at radius 3 is 2.39 bits per heavy atom. The molecule has 4 heteroatoms. The van der Waals surface area contributed by atoms with E-state index in [0.29, 0.717) is 0 Å². The van der Waals surface area contributed by atoms with Crippen molar-refractivity contribution in [3.63, 3.8) is 0 Å². The maximum Gasteiger partial charge on any atom is 0.223 e. The van der Waals surface area contributed by atoms with Crippen LogP contribution in [0.1, 0.15) is 52.4 Å². The predicted molar refractivity (Wildman–Crippen MR) is 72.1 cm³/mol. The third-order valence-corrected chi connectivity index (χ3v) is 3.64. The Balaban J connectivity index is 2.14. The van der Waals surface area contributed by atoms with E-state index in [1.54, 1.807) is 6.92 Å². The highest BCUT2D eigenvalue weighted by atomic mass is 16.2.